The number of carbonyl (C=O) groups excluding carboxylic acids is 1. The van der Waals surface area contributed by atoms with Gasteiger partial charge in [-0.3, -0.25) is 0 Å². The molecule has 13 heavy (non-hydrogen) atoms. The summed E-state index contributed by atoms with van der Waals surface area (Å²) in [6.07, 6.45) is 1.78. The summed E-state index contributed by atoms with van der Waals surface area (Å²) in [7, 11) is 0. The summed E-state index contributed by atoms with van der Waals surface area (Å²) in [6, 6.07) is 11.7. The largest absolute Gasteiger partial charge is 0.389 e. The third-order valence-corrected chi connectivity index (χ3v) is 2.05. The first kappa shape index (κ1) is 7.92. The summed E-state index contributed by atoms with van der Waals surface area (Å²) in [5.41, 5.74) is 0.956. The molecule has 0 unspecified atom stereocenters. The average molecular weight is 172 g/mol. The lowest BCUT2D eigenvalue weighted by Crippen LogP contribution is -2.40. The van der Waals surface area contributed by atoms with E-state index in [-0.39, 0.29) is 5.91 Å². The van der Waals surface area contributed by atoms with Crippen LogP contribution < -0.4 is 4.57 Å². The maximum atomic E-state index is 11.2. The predicted octanol–water partition coefficient (Wildman–Crippen LogP) is 1.79. The predicted molar refractivity (Wildman–Crippen MR) is 50.4 cm³/mol. The number of benzene rings is 1. The molecule has 0 N–H and O–H groups in total. The summed E-state index contributed by atoms with van der Waals surface area (Å²) < 4.78 is 1.65. The molecule has 0 fully saturated rings. The Morgan fingerprint density at radius 2 is 1.85 bits per heavy atom. The Hall–Kier alpha value is -1.70. The van der Waals surface area contributed by atoms with Gasteiger partial charge in [-0.2, -0.15) is 0 Å². The van der Waals surface area contributed by atoms with E-state index in [9.17, 15) is 4.79 Å². The number of rotatable bonds is 0. The second-order valence-corrected chi connectivity index (χ2v) is 2.96. The Labute approximate surface area is 76.4 Å². The summed E-state index contributed by atoms with van der Waals surface area (Å²) in [6.45, 7) is 1.56. The van der Waals surface area contributed by atoms with Gasteiger partial charge in [0.2, 0.25) is 5.52 Å². The molecule has 1 aromatic heterocycles. The van der Waals surface area contributed by atoms with Gasteiger partial charge in [-0.25, -0.2) is 4.79 Å². The molecule has 0 spiro atoms. The first-order valence-electron chi connectivity index (χ1n) is 4.19. The molecule has 1 heterocycles. The van der Waals surface area contributed by atoms with Crippen molar-refractivity contribution in [2.45, 2.75) is 6.92 Å². The molecule has 0 aliphatic heterocycles. The number of aromatic nitrogens is 1. The van der Waals surface area contributed by atoms with Crippen molar-refractivity contribution in [3.63, 3.8) is 0 Å². The van der Waals surface area contributed by atoms with Gasteiger partial charge >= 0.3 is 5.91 Å². The molecule has 0 atom stereocenters. The molecule has 2 rings (SSSR count). The Morgan fingerprint density at radius 3 is 2.62 bits per heavy atom. The van der Waals surface area contributed by atoms with E-state index in [1.807, 2.05) is 36.4 Å². The first-order chi connectivity index (χ1) is 6.29. The molecule has 2 nitrogen and oxygen atoms in total. The van der Waals surface area contributed by atoms with Crippen LogP contribution in [0.1, 0.15) is 11.7 Å². The number of nitrogens with zero attached hydrogens (tertiary/aromatic N) is 1. The highest BCUT2D eigenvalue weighted by Gasteiger charge is 2.11. The van der Waals surface area contributed by atoms with Gasteiger partial charge in [0.05, 0.1) is 6.92 Å². The molecule has 0 saturated heterocycles. The normalized spacial score (nSPS) is 10.2. The monoisotopic (exact) mass is 172 g/mol. The maximum Gasteiger partial charge on any atom is 0.389 e. The lowest BCUT2D eigenvalue weighted by atomic mass is 10.2. The fourth-order valence-electron chi connectivity index (χ4n) is 1.44. The smallest absolute Gasteiger partial charge is 0.220 e. The van der Waals surface area contributed by atoms with Crippen LogP contribution in [0.5, 0.6) is 0 Å². The molecule has 64 valence electrons. The van der Waals surface area contributed by atoms with Crippen molar-refractivity contribution in [1.29, 1.82) is 0 Å². The first-order valence-corrected chi connectivity index (χ1v) is 4.19. The van der Waals surface area contributed by atoms with Gasteiger partial charge in [-0.05, 0) is 12.1 Å². The van der Waals surface area contributed by atoms with Crippen LogP contribution >= 0.6 is 0 Å². The van der Waals surface area contributed by atoms with Crippen molar-refractivity contribution in [2.75, 3.05) is 0 Å². The number of carbonyl (C=O) groups is 1. The van der Waals surface area contributed by atoms with E-state index in [1.54, 1.807) is 17.7 Å². The second kappa shape index (κ2) is 2.98. The van der Waals surface area contributed by atoms with Crippen LogP contribution in [0.3, 0.4) is 0 Å². The van der Waals surface area contributed by atoms with E-state index in [1.165, 1.54) is 0 Å². The van der Waals surface area contributed by atoms with Crippen LogP contribution in [0, 0.1) is 0 Å². The molecule has 2 aromatic rings. The zero-order valence-corrected chi connectivity index (χ0v) is 7.40. The molecular formula is C11H10NO+. The number of hydrogen-bond donors (Lipinski definition) is 0. The average Bonchev–Trinajstić information content (AvgIpc) is 2.17. The van der Waals surface area contributed by atoms with Gasteiger partial charge in [0.1, 0.15) is 0 Å². The number of hydrogen-bond acceptors (Lipinski definition) is 1. The number of para-hydroxylation sites is 1. The van der Waals surface area contributed by atoms with Crippen LogP contribution in [0.15, 0.2) is 42.6 Å². The minimum atomic E-state index is 0.0387. The molecular weight excluding hydrogens is 162 g/mol. The van der Waals surface area contributed by atoms with Crippen molar-refractivity contribution in [3.8, 4) is 0 Å². The Balaban J connectivity index is 2.83. The topological polar surface area (TPSA) is 20.9 Å². The molecule has 0 aliphatic carbocycles. The molecule has 0 amide bonds. The Morgan fingerprint density at radius 1 is 1.15 bits per heavy atom. The van der Waals surface area contributed by atoms with Gasteiger partial charge < -0.3 is 0 Å². The van der Waals surface area contributed by atoms with E-state index in [4.69, 9.17) is 0 Å². The Kier molecular flexibility index (Phi) is 1.81. The van der Waals surface area contributed by atoms with E-state index in [2.05, 4.69) is 0 Å². The zero-order chi connectivity index (χ0) is 9.26. The summed E-state index contributed by atoms with van der Waals surface area (Å²) >= 11 is 0. The van der Waals surface area contributed by atoms with Crippen LogP contribution in [0.25, 0.3) is 10.9 Å². The van der Waals surface area contributed by atoms with Crippen LogP contribution in [0.4, 0.5) is 0 Å². The number of pyridine rings is 1. The molecule has 0 radical (unpaired) electrons. The van der Waals surface area contributed by atoms with E-state index in [0.29, 0.717) is 0 Å². The quantitative estimate of drug-likeness (QED) is 0.555. The third kappa shape index (κ3) is 1.31. The minimum absolute atomic E-state index is 0.0387. The third-order valence-electron chi connectivity index (χ3n) is 2.05. The van der Waals surface area contributed by atoms with Gasteiger partial charge in [0, 0.05) is 17.5 Å². The Bertz CT molecular complexity index is 457. The second-order valence-electron chi connectivity index (χ2n) is 2.96. The van der Waals surface area contributed by atoms with Crippen molar-refractivity contribution in [2.24, 2.45) is 0 Å². The van der Waals surface area contributed by atoms with Gasteiger partial charge in [-0.15, -0.1) is 4.57 Å². The molecule has 1 aromatic carbocycles. The van der Waals surface area contributed by atoms with Crippen molar-refractivity contribution in [3.05, 3.63) is 42.6 Å². The summed E-state index contributed by atoms with van der Waals surface area (Å²) in [5.74, 6) is 0.0387. The molecule has 0 bridgehead atoms. The fraction of sp³-hybridized carbons (Fsp3) is 0.0909. The van der Waals surface area contributed by atoms with Crippen molar-refractivity contribution >= 4 is 16.8 Å². The standard InChI is InChI=1S/C11H10NO/c1-9(13)12-8-4-6-10-5-2-3-7-11(10)12/h2-8H,1H3/q+1. The minimum Gasteiger partial charge on any atom is -0.220 e. The van der Waals surface area contributed by atoms with Crippen molar-refractivity contribution < 1.29 is 9.36 Å². The van der Waals surface area contributed by atoms with Crippen LogP contribution in [-0.4, -0.2) is 5.91 Å². The highest BCUT2D eigenvalue weighted by Crippen LogP contribution is 2.07. The van der Waals surface area contributed by atoms with Gasteiger partial charge in [0.25, 0.3) is 0 Å². The zero-order valence-electron chi connectivity index (χ0n) is 7.40. The SMILES string of the molecule is CC(=O)[n+]1cccc2ccccc21. The van der Waals surface area contributed by atoms with Crippen molar-refractivity contribution in [1.82, 2.24) is 0 Å². The summed E-state index contributed by atoms with van der Waals surface area (Å²) in [4.78, 5) is 11.2. The number of fused-ring (bicyclic) bond motifs is 1. The highest BCUT2D eigenvalue weighted by atomic mass is 16.1. The van der Waals surface area contributed by atoms with E-state index < -0.39 is 0 Å². The molecule has 0 saturated carbocycles. The van der Waals surface area contributed by atoms with E-state index >= 15 is 0 Å². The van der Waals surface area contributed by atoms with E-state index in [0.717, 1.165) is 10.9 Å². The maximum absolute atomic E-state index is 11.2. The lowest BCUT2D eigenvalue weighted by molar-refractivity contribution is -0.544. The fourth-order valence-corrected chi connectivity index (χ4v) is 1.44. The van der Waals surface area contributed by atoms with Gasteiger partial charge in [0.15, 0.2) is 6.20 Å². The lowest BCUT2D eigenvalue weighted by Gasteiger charge is -1.94. The summed E-state index contributed by atoms with van der Waals surface area (Å²) in [5, 5.41) is 1.08. The molecule has 2 heteroatoms. The van der Waals surface area contributed by atoms with Crippen LogP contribution in [0.2, 0.25) is 0 Å². The van der Waals surface area contributed by atoms with Gasteiger partial charge in [-0.1, -0.05) is 12.1 Å². The molecule has 0 aliphatic rings. The van der Waals surface area contributed by atoms with Crippen LogP contribution in [-0.2, 0) is 0 Å². The highest BCUT2D eigenvalue weighted by molar-refractivity contribution is 5.79.